The molecule has 0 radical (unpaired) electrons. The molecule has 0 spiro atoms. The monoisotopic (exact) mass is 393 g/mol. The second kappa shape index (κ2) is 9.23. The molecule has 8 nitrogen and oxygen atoms in total. The molecule has 0 bridgehead atoms. The summed E-state index contributed by atoms with van der Waals surface area (Å²) >= 11 is 0. The average Bonchev–Trinajstić information content (AvgIpc) is 3.27. The lowest BCUT2D eigenvalue weighted by molar-refractivity contribution is -0.139. The van der Waals surface area contributed by atoms with Crippen LogP contribution in [-0.2, 0) is 4.79 Å². The van der Waals surface area contributed by atoms with E-state index in [9.17, 15) is 9.59 Å². The predicted molar refractivity (Wildman–Crippen MR) is 107 cm³/mol. The summed E-state index contributed by atoms with van der Waals surface area (Å²) in [6, 6.07) is 15.8. The van der Waals surface area contributed by atoms with E-state index in [1.165, 1.54) is 13.3 Å². The second-order valence-corrected chi connectivity index (χ2v) is 5.90. The Bertz CT molecular complexity index is 1030. The van der Waals surface area contributed by atoms with Gasteiger partial charge in [0.15, 0.2) is 18.1 Å². The van der Waals surface area contributed by atoms with Gasteiger partial charge in [0, 0.05) is 12.4 Å². The van der Waals surface area contributed by atoms with Crippen LogP contribution in [0.5, 0.6) is 11.5 Å². The molecule has 0 aliphatic rings. The number of nitrogens with zero attached hydrogens (tertiary/aromatic N) is 2. The molecule has 29 heavy (non-hydrogen) atoms. The molecule has 3 aromatic rings. The Morgan fingerprint density at radius 2 is 1.86 bits per heavy atom. The van der Waals surface area contributed by atoms with Crippen molar-refractivity contribution in [3.63, 3.8) is 0 Å². The molecule has 1 amide bonds. The zero-order valence-electron chi connectivity index (χ0n) is 15.6. The highest BCUT2D eigenvalue weighted by atomic mass is 16.5. The number of aliphatic carboxylic acids is 1. The van der Waals surface area contributed by atoms with Gasteiger partial charge in [-0.25, -0.2) is 10.2 Å². The molecule has 8 heteroatoms. The van der Waals surface area contributed by atoms with Crippen LogP contribution in [-0.4, -0.2) is 41.5 Å². The smallest absolute Gasteiger partial charge is 0.341 e. The molecular weight excluding hydrogens is 374 g/mol. The summed E-state index contributed by atoms with van der Waals surface area (Å²) in [5.74, 6) is -0.768. The number of para-hydroxylation sites is 1. The number of hydrazone groups is 1. The maximum absolute atomic E-state index is 12.5. The second-order valence-electron chi connectivity index (χ2n) is 5.90. The van der Waals surface area contributed by atoms with Crippen molar-refractivity contribution < 1.29 is 24.2 Å². The number of carbonyl (C=O) groups excluding carboxylic acids is 1. The molecule has 0 saturated carbocycles. The first kappa shape index (κ1) is 19.7. The molecule has 148 valence electrons. The average molecular weight is 393 g/mol. The predicted octanol–water partition coefficient (Wildman–Crippen LogP) is 2.71. The first-order valence-electron chi connectivity index (χ1n) is 8.67. The third-order valence-electron chi connectivity index (χ3n) is 3.95. The highest BCUT2D eigenvalue weighted by Crippen LogP contribution is 2.27. The van der Waals surface area contributed by atoms with E-state index in [1.807, 2.05) is 41.2 Å². The minimum Gasteiger partial charge on any atom is -0.493 e. The fourth-order valence-corrected chi connectivity index (χ4v) is 2.63. The molecule has 2 aromatic carbocycles. The van der Waals surface area contributed by atoms with E-state index in [2.05, 4.69) is 10.5 Å². The minimum atomic E-state index is -1.08. The van der Waals surface area contributed by atoms with E-state index in [0.29, 0.717) is 22.6 Å². The number of rotatable bonds is 8. The number of methoxy groups -OCH3 is 1. The van der Waals surface area contributed by atoms with Crippen LogP contribution >= 0.6 is 0 Å². The first-order chi connectivity index (χ1) is 14.1. The van der Waals surface area contributed by atoms with Gasteiger partial charge in [-0.3, -0.25) is 4.79 Å². The Labute approximate surface area is 167 Å². The Hall–Kier alpha value is -4.07. The molecule has 0 fully saturated rings. The lowest BCUT2D eigenvalue weighted by Gasteiger charge is -2.10. The van der Waals surface area contributed by atoms with Crippen LogP contribution in [0.1, 0.15) is 15.9 Å². The molecule has 0 atom stereocenters. The summed E-state index contributed by atoms with van der Waals surface area (Å²) in [6.45, 7) is -0.472. The van der Waals surface area contributed by atoms with Crippen LogP contribution in [0.3, 0.4) is 0 Å². The van der Waals surface area contributed by atoms with Crippen LogP contribution in [0.2, 0.25) is 0 Å². The summed E-state index contributed by atoms with van der Waals surface area (Å²) in [6.07, 6.45) is 5.17. The van der Waals surface area contributed by atoms with E-state index >= 15 is 0 Å². The van der Waals surface area contributed by atoms with Crippen LogP contribution in [0.25, 0.3) is 5.69 Å². The van der Waals surface area contributed by atoms with Crippen LogP contribution in [0.4, 0.5) is 0 Å². The molecule has 0 aliphatic carbocycles. The van der Waals surface area contributed by atoms with Crippen molar-refractivity contribution in [1.82, 2.24) is 9.99 Å². The van der Waals surface area contributed by atoms with E-state index < -0.39 is 12.6 Å². The van der Waals surface area contributed by atoms with Gasteiger partial charge in [-0.15, -0.1) is 0 Å². The van der Waals surface area contributed by atoms with Crippen LogP contribution in [0.15, 0.2) is 72.1 Å². The highest BCUT2D eigenvalue weighted by molar-refractivity contribution is 5.98. The number of hydrogen-bond acceptors (Lipinski definition) is 5. The molecular formula is C21H19N3O5. The van der Waals surface area contributed by atoms with Crippen LogP contribution < -0.4 is 14.9 Å². The maximum Gasteiger partial charge on any atom is 0.341 e. The molecule has 3 rings (SSSR count). The lowest BCUT2D eigenvalue weighted by Crippen LogP contribution is -2.19. The molecule has 1 aromatic heterocycles. The number of carbonyl (C=O) groups is 2. The molecule has 0 unspecified atom stereocenters. The number of amides is 1. The largest absolute Gasteiger partial charge is 0.493 e. The minimum absolute atomic E-state index is 0.303. The Morgan fingerprint density at radius 1 is 1.10 bits per heavy atom. The first-order valence-corrected chi connectivity index (χ1v) is 8.67. The number of hydrogen-bond donors (Lipinski definition) is 2. The zero-order valence-corrected chi connectivity index (χ0v) is 15.6. The number of ether oxygens (including phenoxy) is 2. The van der Waals surface area contributed by atoms with E-state index in [-0.39, 0.29) is 5.91 Å². The van der Waals surface area contributed by atoms with E-state index in [4.69, 9.17) is 14.6 Å². The molecule has 0 aliphatic heterocycles. The number of aromatic nitrogens is 1. The van der Waals surface area contributed by atoms with Gasteiger partial charge in [-0.05, 0) is 48.0 Å². The normalized spacial score (nSPS) is 10.7. The number of benzene rings is 2. The number of carboxylic acid groups (broad SMARTS) is 1. The fraction of sp³-hybridized carbons (Fsp3) is 0.0952. The SMILES string of the molecule is COc1cc(/C=N\NC(=O)c2ccccc2-n2cccc2)ccc1OCC(=O)O. The third kappa shape index (κ3) is 5.01. The van der Waals surface area contributed by atoms with E-state index in [1.54, 1.807) is 30.3 Å². The highest BCUT2D eigenvalue weighted by Gasteiger charge is 2.11. The van der Waals surface area contributed by atoms with Gasteiger partial charge in [0.25, 0.3) is 5.91 Å². The van der Waals surface area contributed by atoms with Crippen molar-refractivity contribution in [2.24, 2.45) is 5.10 Å². The number of carboxylic acids is 1. The zero-order chi connectivity index (χ0) is 20.6. The Kier molecular flexibility index (Phi) is 6.26. The number of nitrogens with one attached hydrogen (secondary N) is 1. The van der Waals surface area contributed by atoms with Crippen molar-refractivity contribution in [2.45, 2.75) is 0 Å². The maximum atomic E-state index is 12.5. The lowest BCUT2D eigenvalue weighted by atomic mass is 10.1. The van der Waals surface area contributed by atoms with Crippen LogP contribution in [0, 0.1) is 0 Å². The van der Waals surface area contributed by atoms with Gasteiger partial charge in [0.05, 0.1) is 24.6 Å². The van der Waals surface area contributed by atoms with Crippen molar-refractivity contribution in [2.75, 3.05) is 13.7 Å². The quantitative estimate of drug-likeness (QED) is 0.453. The summed E-state index contributed by atoms with van der Waals surface area (Å²) in [7, 11) is 1.45. The summed E-state index contributed by atoms with van der Waals surface area (Å²) < 4.78 is 12.2. The van der Waals surface area contributed by atoms with Gasteiger partial charge in [-0.2, -0.15) is 5.10 Å². The van der Waals surface area contributed by atoms with Crippen molar-refractivity contribution in [1.29, 1.82) is 0 Å². The van der Waals surface area contributed by atoms with Gasteiger partial charge in [-0.1, -0.05) is 12.1 Å². The van der Waals surface area contributed by atoms with Crippen molar-refractivity contribution >= 4 is 18.1 Å². The van der Waals surface area contributed by atoms with Crippen molar-refractivity contribution in [3.8, 4) is 17.2 Å². The summed E-state index contributed by atoms with van der Waals surface area (Å²) in [5, 5.41) is 12.7. The summed E-state index contributed by atoms with van der Waals surface area (Å²) in [5.41, 5.74) is 4.38. The third-order valence-corrected chi connectivity index (χ3v) is 3.95. The molecule has 2 N–H and O–H groups in total. The fourth-order valence-electron chi connectivity index (χ4n) is 2.63. The van der Waals surface area contributed by atoms with Gasteiger partial charge >= 0.3 is 5.97 Å². The standard InChI is InChI=1S/C21H19N3O5/c1-28-19-12-15(8-9-18(19)29-14-20(25)26)13-22-23-21(27)16-6-2-3-7-17(16)24-10-4-5-11-24/h2-13H,14H2,1H3,(H,23,27)(H,25,26)/b22-13-. The summed E-state index contributed by atoms with van der Waals surface area (Å²) in [4.78, 5) is 23.2. The molecule has 0 saturated heterocycles. The Balaban J connectivity index is 1.70. The van der Waals surface area contributed by atoms with E-state index in [0.717, 1.165) is 5.69 Å². The van der Waals surface area contributed by atoms with Gasteiger partial charge < -0.3 is 19.1 Å². The topological polar surface area (TPSA) is 102 Å². The Morgan fingerprint density at radius 3 is 2.59 bits per heavy atom. The van der Waals surface area contributed by atoms with Crippen molar-refractivity contribution in [3.05, 3.63) is 78.1 Å². The van der Waals surface area contributed by atoms with Gasteiger partial charge in [0.1, 0.15) is 0 Å². The molecule has 1 heterocycles. The van der Waals surface area contributed by atoms with Gasteiger partial charge in [0.2, 0.25) is 0 Å².